The average molecular weight is 349 g/mol. The van der Waals surface area contributed by atoms with E-state index >= 15 is 0 Å². The standard InChI is InChI=1S/C18H18Cl2N2O/c1-10-6-16-17(7-11(10)2)22(18(21-16)12(3)23)9-13-4-5-14(19)8-15(13)20/h4-8,12,23H,9H2,1-3H3. The summed E-state index contributed by atoms with van der Waals surface area (Å²) in [7, 11) is 0. The van der Waals surface area contributed by atoms with E-state index in [2.05, 4.69) is 31.0 Å². The Bertz CT molecular complexity index is 884. The second-order valence-electron chi connectivity index (χ2n) is 5.89. The molecule has 1 unspecified atom stereocenters. The maximum Gasteiger partial charge on any atom is 0.138 e. The van der Waals surface area contributed by atoms with E-state index in [4.69, 9.17) is 23.2 Å². The molecule has 5 heteroatoms. The molecule has 3 nitrogen and oxygen atoms in total. The molecule has 1 heterocycles. The van der Waals surface area contributed by atoms with Gasteiger partial charge in [0.1, 0.15) is 11.9 Å². The maximum atomic E-state index is 10.1. The van der Waals surface area contributed by atoms with E-state index < -0.39 is 6.10 Å². The highest BCUT2D eigenvalue weighted by Gasteiger charge is 2.17. The number of aryl methyl sites for hydroxylation is 2. The Kier molecular flexibility index (Phi) is 4.37. The van der Waals surface area contributed by atoms with E-state index in [1.807, 2.05) is 16.7 Å². The number of hydrogen-bond acceptors (Lipinski definition) is 2. The molecule has 23 heavy (non-hydrogen) atoms. The summed E-state index contributed by atoms with van der Waals surface area (Å²) in [6.07, 6.45) is -0.658. The number of hydrogen-bond donors (Lipinski definition) is 1. The molecular formula is C18H18Cl2N2O. The third-order valence-electron chi connectivity index (χ3n) is 4.11. The summed E-state index contributed by atoms with van der Waals surface area (Å²) in [5.74, 6) is 0.635. The Hall–Kier alpha value is -1.55. The monoisotopic (exact) mass is 348 g/mol. The van der Waals surface area contributed by atoms with Crippen molar-refractivity contribution in [3.05, 3.63) is 62.9 Å². The Morgan fingerprint density at radius 2 is 1.83 bits per heavy atom. The molecule has 0 aliphatic heterocycles. The first kappa shape index (κ1) is 16.3. The zero-order valence-corrected chi connectivity index (χ0v) is 14.8. The lowest BCUT2D eigenvalue weighted by Gasteiger charge is -2.13. The predicted molar refractivity (Wildman–Crippen MR) is 95.4 cm³/mol. The topological polar surface area (TPSA) is 38.1 Å². The second kappa shape index (κ2) is 6.16. The van der Waals surface area contributed by atoms with Crippen LogP contribution in [0.25, 0.3) is 11.0 Å². The first-order valence-electron chi connectivity index (χ1n) is 7.46. The Balaban J connectivity index is 2.18. The van der Waals surface area contributed by atoms with Crippen LogP contribution < -0.4 is 0 Å². The van der Waals surface area contributed by atoms with Crippen LogP contribution in [0.1, 0.15) is 35.5 Å². The molecule has 0 aliphatic carbocycles. The number of imidazole rings is 1. The van der Waals surface area contributed by atoms with Gasteiger partial charge in [-0.25, -0.2) is 4.98 Å². The van der Waals surface area contributed by atoms with Crippen molar-refractivity contribution >= 4 is 34.2 Å². The van der Waals surface area contributed by atoms with Gasteiger partial charge in [0, 0.05) is 10.0 Å². The van der Waals surface area contributed by atoms with Gasteiger partial charge in [0.05, 0.1) is 17.6 Å². The van der Waals surface area contributed by atoms with Crippen molar-refractivity contribution in [2.75, 3.05) is 0 Å². The highest BCUT2D eigenvalue weighted by molar-refractivity contribution is 6.35. The molecule has 3 rings (SSSR count). The van der Waals surface area contributed by atoms with Crippen LogP contribution >= 0.6 is 23.2 Å². The van der Waals surface area contributed by atoms with Crippen LogP contribution in [0.4, 0.5) is 0 Å². The highest BCUT2D eigenvalue weighted by Crippen LogP contribution is 2.27. The van der Waals surface area contributed by atoms with Gasteiger partial charge in [0.2, 0.25) is 0 Å². The average Bonchev–Trinajstić information content (AvgIpc) is 2.81. The molecule has 1 atom stereocenters. The van der Waals surface area contributed by atoms with E-state index in [9.17, 15) is 5.11 Å². The van der Waals surface area contributed by atoms with Gasteiger partial charge in [-0.2, -0.15) is 0 Å². The number of aliphatic hydroxyl groups is 1. The third kappa shape index (κ3) is 3.09. The molecule has 2 aromatic carbocycles. The number of benzene rings is 2. The van der Waals surface area contributed by atoms with Gasteiger partial charge in [0.25, 0.3) is 0 Å². The molecule has 1 N–H and O–H groups in total. The van der Waals surface area contributed by atoms with Gasteiger partial charge in [-0.15, -0.1) is 0 Å². The number of rotatable bonds is 3. The zero-order chi connectivity index (χ0) is 16.7. The van der Waals surface area contributed by atoms with E-state index in [1.165, 1.54) is 11.1 Å². The summed E-state index contributed by atoms with van der Waals surface area (Å²) in [6.45, 7) is 6.39. The molecule has 0 spiro atoms. The van der Waals surface area contributed by atoms with Crippen molar-refractivity contribution in [1.82, 2.24) is 9.55 Å². The maximum absolute atomic E-state index is 10.1. The lowest BCUT2D eigenvalue weighted by Crippen LogP contribution is -2.08. The Morgan fingerprint density at radius 3 is 2.48 bits per heavy atom. The van der Waals surface area contributed by atoms with E-state index in [0.29, 0.717) is 22.4 Å². The normalized spacial score (nSPS) is 12.8. The lowest BCUT2D eigenvalue weighted by atomic mass is 10.1. The molecule has 0 amide bonds. The number of aromatic nitrogens is 2. The van der Waals surface area contributed by atoms with E-state index in [-0.39, 0.29) is 0 Å². The summed E-state index contributed by atoms with van der Waals surface area (Å²) in [5.41, 5.74) is 5.20. The lowest BCUT2D eigenvalue weighted by molar-refractivity contribution is 0.185. The van der Waals surface area contributed by atoms with Gasteiger partial charge in [0.15, 0.2) is 0 Å². The summed E-state index contributed by atoms with van der Waals surface area (Å²) >= 11 is 12.3. The molecular weight excluding hydrogens is 331 g/mol. The van der Waals surface area contributed by atoms with Crippen molar-refractivity contribution < 1.29 is 5.11 Å². The number of fused-ring (bicyclic) bond motifs is 1. The van der Waals surface area contributed by atoms with Crippen LogP contribution in [0.3, 0.4) is 0 Å². The van der Waals surface area contributed by atoms with Gasteiger partial charge >= 0.3 is 0 Å². The number of nitrogens with zero attached hydrogens (tertiary/aromatic N) is 2. The number of halogens is 2. The fourth-order valence-corrected chi connectivity index (χ4v) is 3.17. The largest absolute Gasteiger partial charge is 0.385 e. The third-order valence-corrected chi connectivity index (χ3v) is 4.70. The molecule has 0 saturated carbocycles. The second-order valence-corrected chi connectivity index (χ2v) is 6.74. The first-order valence-corrected chi connectivity index (χ1v) is 8.22. The van der Waals surface area contributed by atoms with Crippen molar-refractivity contribution in [3.8, 4) is 0 Å². The van der Waals surface area contributed by atoms with Crippen molar-refractivity contribution in [2.24, 2.45) is 0 Å². The van der Waals surface area contributed by atoms with Gasteiger partial charge in [-0.3, -0.25) is 0 Å². The van der Waals surface area contributed by atoms with Crippen LogP contribution in [-0.4, -0.2) is 14.7 Å². The minimum atomic E-state index is -0.658. The van der Waals surface area contributed by atoms with Crippen LogP contribution in [0.5, 0.6) is 0 Å². The summed E-state index contributed by atoms with van der Waals surface area (Å²) in [6, 6.07) is 9.61. The first-order chi connectivity index (χ1) is 10.9. The Morgan fingerprint density at radius 1 is 1.13 bits per heavy atom. The molecule has 0 bridgehead atoms. The molecule has 3 aromatic rings. The Labute approximate surface area is 145 Å². The van der Waals surface area contributed by atoms with Crippen LogP contribution in [-0.2, 0) is 6.54 Å². The van der Waals surface area contributed by atoms with E-state index in [0.717, 1.165) is 16.6 Å². The number of aliphatic hydroxyl groups excluding tert-OH is 1. The summed E-state index contributed by atoms with van der Waals surface area (Å²) in [4.78, 5) is 4.60. The molecule has 0 aliphatic rings. The van der Waals surface area contributed by atoms with Crippen LogP contribution in [0.2, 0.25) is 10.0 Å². The highest BCUT2D eigenvalue weighted by atomic mass is 35.5. The minimum Gasteiger partial charge on any atom is -0.385 e. The predicted octanol–water partition coefficient (Wildman–Crippen LogP) is 5.06. The molecule has 0 radical (unpaired) electrons. The van der Waals surface area contributed by atoms with E-state index in [1.54, 1.807) is 13.0 Å². The van der Waals surface area contributed by atoms with Crippen molar-refractivity contribution in [2.45, 2.75) is 33.4 Å². The smallest absolute Gasteiger partial charge is 0.138 e. The molecule has 0 fully saturated rings. The molecule has 1 aromatic heterocycles. The fourth-order valence-electron chi connectivity index (χ4n) is 2.70. The zero-order valence-electron chi connectivity index (χ0n) is 13.3. The molecule has 0 saturated heterocycles. The summed E-state index contributed by atoms with van der Waals surface area (Å²) < 4.78 is 2.02. The van der Waals surface area contributed by atoms with Crippen LogP contribution in [0, 0.1) is 13.8 Å². The summed E-state index contributed by atoms with van der Waals surface area (Å²) in [5, 5.41) is 11.3. The van der Waals surface area contributed by atoms with Gasteiger partial charge < -0.3 is 9.67 Å². The fraction of sp³-hybridized carbons (Fsp3) is 0.278. The SMILES string of the molecule is Cc1cc2nc(C(C)O)n(Cc3ccc(Cl)cc3Cl)c2cc1C. The van der Waals surface area contributed by atoms with Gasteiger partial charge in [-0.05, 0) is 61.7 Å². The van der Waals surface area contributed by atoms with Crippen molar-refractivity contribution in [1.29, 1.82) is 0 Å². The molecule has 120 valence electrons. The minimum absolute atomic E-state index is 0.537. The van der Waals surface area contributed by atoms with Gasteiger partial charge in [-0.1, -0.05) is 29.3 Å². The van der Waals surface area contributed by atoms with Crippen molar-refractivity contribution in [3.63, 3.8) is 0 Å². The quantitative estimate of drug-likeness (QED) is 0.718. The van der Waals surface area contributed by atoms with Crippen LogP contribution in [0.15, 0.2) is 30.3 Å².